The Kier molecular flexibility index (Phi) is 6.84. The zero-order chi connectivity index (χ0) is 22.5. The molecule has 1 N–H and O–H groups in total. The first-order chi connectivity index (χ1) is 15.6. The SMILES string of the molecule is N#CC(c1ccccc1)C(c1cnc[nH]1)N1CC(=O)N(c2cccc(Cl)c2)C[C@@H]1CCF. The number of halogens is 2. The summed E-state index contributed by atoms with van der Waals surface area (Å²) < 4.78 is 13.6. The number of carbonyl (C=O) groups is 1. The highest BCUT2D eigenvalue weighted by molar-refractivity contribution is 6.30. The van der Waals surface area contributed by atoms with Crippen molar-refractivity contribution in [3.63, 3.8) is 0 Å². The molecule has 4 rings (SSSR count). The second-order valence-electron chi connectivity index (χ2n) is 7.76. The summed E-state index contributed by atoms with van der Waals surface area (Å²) in [5, 5.41) is 10.7. The van der Waals surface area contributed by atoms with Gasteiger partial charge < -0.3 is 9.88 Å². The lowest BCUT2D eigenvalue weighted by atomic mass is 9.87. The Hall–Kier alpha value is -3.21. The van der Waals surface area contributed by atoms with Gasteiger partial charge in [0.25, 0.3) is 0 Å². The molecule has 32 heavy (non-hydrogen) atoms. The number of H-pyrrole nitrogens is 1. The number of aromatic nitrogens is 2. The Morgan fingerprint density at radius 2 is 2.06 bits per heavy atom. The molecule has 0 spiro atoms. The van der Waals surface area contributed by atoms with Crippen LogP contribution in [0, 0.1) is 11.3 Å². The van der Waals surface area contributed by atoms with Gasteiger partial charge in [-0.15, -0.1) is 0 Å². The van der Waals surface area contributed by atoms with Gasteiger partial charge >= 0.3 is 0 Å². The van der Waals surface area contributed by atoms with E-state index >= 15 is 0 Å². The minimum Gasteiger partial charge on any atom is -0.347 e. The maximum Gasteiger partial charge on any atom is 0.241 e. The number of aromatic amines is 1. The lowest BCUT2D eigenvalue weighted by Gasteiger charge is -2.45. The molecule has 1 amide bonds. The summed E-state index contributed by atoms with van der Waals surface area (Å²) in [7, 11) is 0. The van der Waals surface area contributed by atoms with Crippen molar-refractivity contribution in [2.75, 3.05) is 24.7 Å². The smallest absolute Gasteiger partial charge is 0.241 e. The third-order valence-corrected chi connectivity index (χ3v) is 6.09. The van der Waals surface area contributed by atoms with Crippen LogP contribution in [0.5, 0.6) is 0 Å². The van der Waals surface area contributed by atoms with E-state index in [9.17, 15) is 14.4 Å². The molecule has 6 nitrogen and oxygen atoms in total. The number of alkyl halides is 1. The summed E-state index contributed by atoms with van der Waals surface area (Å²) in [6.07, 6.45) is 3.45. The molecule has 0 bridgehead atoms. The molecule has 2 heterocycles. The van der Waals surface area contributed by atoms with Gasteiger partial charge in [0.2, 0.25) is 5.91 Å². The Labute approximate surface area is 191 Å². The average Bonchev–Trinajstić information content (AvgIpc) is 3.33. The molecule has 1 aliphatic heterocycles. The largest absolute Gasteiger partial charge is 0.347 e. The minimum absolute atomic E-state index is 0.0475. The van der Waals surface area contributed by atoms with E-state index in [1.165, 1.54) is 0 Å². The average molecular weight is 452 g/mol. The van der Waals surface area contributed by atoms with Crippen molar-refractivity contribution in [1.29, 1.82) is 5.26 Å². The quantitative estimate of drug-likeness (QED) is 0.574. The molecule has 8 heteroatoms. The first-order valence-corrected chi connectivity index (χ1v) is 10.8. The van der Waals surface area contributed by atoms with Gasteiger partial charge in [0, 0.05) is 29.5 Å². The number of imidazole rings is 1. The highest BCUT2D eigenvalue weighted by Gasteiger charge is 2.41. The normalized spacial score (nSPS) is 18.8. The van der Waals surface area contributed by atoms with Crippen LogP contribution in [0.25, 0.3) is 0 Å². The Balaban J connectivity index is 1.72. The van der Waals surface area contributed by atoms with Crippen LogP contribution in [-0.2, 0) is 4.79 Å². The molecule has 1 aromatic heterocycles. The van der Waals surface area contributed by atoms with Crippen LogP contribution >= 0.6 is 11.6 Å². The van der Waals surface area contributed by atoms with Crippen molar-refractivity contribution in [1.82, 2.24) is 14.9 Å². The highest BCUT2D eigenvalue weighted by Crippen LogP contribution is 2.38. The van der Waals surface area contributed by atoms with Gasteiger partial charge in [0.15, 0.2) is 0 Å². The summed E-state index contributed by atoms with van der Waals surface area (Å²) in [6, 6.07) is 18.2. The van der Waals surface area contributed by atoms with Gasteiger partial charge in [-0.25, -0.2) is 4.98 Å². The standard InChI is InChI=1S/C24H23ClFN5O/c25-18-7-4-8-19(11-18)30-14-20(9-10-26)31(15-23(30)32)24(22-13-28-16-29-22)21(12-27)17-5-2-1-3-6-17/h1-8,11,13,16,20-21,24H,9-10,14-15H2,(H,28,29)/t20-,21?,24?/m0/s1. The van der Waals surface area contributed by atoms with Gasteiger partial charge in [-0.2, -0.15) is 5.26 Å². The van der Waals surface area contributed by atoms with Crippen molar-refractivity contribution < 1.29 is 9.18 Å². The van der Waals surface area contributed by atoms with Crippen LogP contribution in [0.2, 0.25) is 5.02 Å². The second kappa shape index (κ2) is 9.94. The molecular formula is C24H23ClFN5O. The van der Waals surface area contributed by atoms with Gasteiger partial charge in [0.05, 0.1) is 43.3 Å². The number of piperazine rings is 1. The van der Waals surface area contributed by atoms with Crippen LogP contribution < -0.4 is 4.90 Å². The minimum atomic E-state index is -0.565. The van der Waals surface area contributed by atoms with Crippen LogP contribution in [0.4, 0.5) is 10.1 Å². The number of nitrogens with zero attached hydrogens (tertiary/aromatic N) is 4. The summed E-state index contributed by atoms with van der Waals surface area (Å²) in [5.41, 5.74) is 2.23. The number of nitriles is 1. The van der Waals surface area contributed by atoms with E-state index in [0.717, 1.165) is 5.56 Å². The lowest BCUT2D eigenvalue weighted by Crippen LogP contribution is -2.58. The van der Waals surface area contributed by atoms with Gasteiger partial charge in [-0.1, -0.05) is 48.0 Å². The number of amides is 1. The number of hydrogen-bond acceptors (Lipinski definition) is 4. The van der Waals surface area contributed by atoms with Crippen molar-refractivity contribution in [2.24, 2.45) is 0 Å². The zero-order valence-electron chi connectivity index (χ0n) is 17.4. The van der Waals surface area contributed by atoms with E-state index in [0.29, 0.717) is 22.9 Å². The van der Waals surface area contributed by atoms with Crippen molar-refractivity contribution in [2.45, 2.75) is 24.4 Å². The van der Waals surface area contributed by atoms with Gasteiger partial charge in [-0.3, -0.25) is 14.1 Å². The Morgan fingerprint density at radius 1 is 1.25 bits per heavy atom. The molecule has 164 valence electrons. The van der Waals surface area contributed by atoms with E-state index in [1.807, 2.05) is 41.3 Å². The third kappa shape index (κ3) is 4.52. The third-order valence-electron chi connectivity index (χ3n) is 5.85. The fraction of sp³-hybridized carbons (Fsp3) is 0.292. The molecule has 1 aliphatic rings. The van der Waals surface area contributed by atoms with Crippen molar-refractivity contribution in [3.8, 4) is 6.07 Å². The predicted octanol–water partition coefficient (Wildman–Crippen LogP) is 4.49. The molecule has 2 unspecified atom stereocenters. The first-order valence-electron chi connectivity index (χ1n) is 10.4. The maximum atomic E-state index is 13.6. The fourth-order valence-corrected chi connectivity index (χ4v) is 4.54. The molecule has 0 saturated carbocycles. The monoisotopic (exact) mass is 451 g/mol. The van der Waals surface area contributed by atoms with Crippen LogP contribution in [0.1, 0.15) is 29.6 Å². The van der Waals surface area contributed by atoms with Crippen LogP contribution in [0.3, 0.4) is 0 Å². The number of carbonyl (C=O) groups excluding carboxylic acids is 1. The number of anilines is 1. The molecule has 1 saturated heterocycles. The van der Waals surface area contributed by atoms with Crippen molar-refractivity contribution >= 4 is 23.2 Å². The second-order valence-corrected chi connectivity index (χ2v) is 8.19. The topological polar surface area (TPSA) is 76.0 Å². The molecule has 2 aromatic carbocycles. The van der Waals surface area contributed by atoms with E-state index < -0.39 is 18.6 Å². The van der Waals surface area contributed by atoms with E-state index in [1.54, 1.807) is 35.6 Å². The van der Waals surface area contributed by atoms with E-state index in [-0.39, 0.29) is 24.9 Å². The number of rotatable bonds is 7. The highest BCUT2D eigenvalue weighted by atomic mass is 35.5. The Bertz CT molecular complexity index is 1090. The van der Waals surface area contributed by atoms with Gasteiger partial charge in [0.1, 0.15) is 0 Å². The maximum absolute atomic E-state index is 13.6. The van der Waals surface area contributed by atoms with E-state index in [4.69, 9.17) is 11.6 Å². The molecule has 0 aliphatic carbocycles. The molecule has 3 atom stereocenters. The van der Waals surface area contributed by atoms with Crippen molar-refractivity contribution in [3.05, 3.63) is 83.4 Å². The summed E-state index contributed by atoms with van der Waals surface area (Å²) in [4.78, 5) is 24.1. The van der Waals surface area contributed by atoms with Crippen LogP contribution in [0.15, 0.2) is 67.1 Å². The van der Waals surface area contributed by atoms with E-state index in [2.05, 4.69) is 16.0 Å². The molecule has 3 aromatic rings. The summed E-state index contributed by atoms with van der Waals surface area (Å²) in [5.74, 6) is -0.694. The molecular weight excluding hydrogens is 429 g/mol. The number of benzene rings is 2. The summed E-state index contributed by atoms with van der Waals surface area (Å²) in [6.45, 7) is -0.177. The molecule has 1 fully saturated rings. The fourth-order valence-electron chi connectivity index (χ4n) is 4.36. The Morgan fingerprint density at radius 3 is 2.72 bits per heavy atom. The number of nitrogens with one attached hydrogen (secondary N) is 1. The predicted molar refractivity (Wildman–Crippen MR) is 121 cm³/mol. The number of hydrogen-bond donors (Lipinski definition) is 1. The zero-order valence-corrected chi connectivity index (χ0v) is 18.1. The first kappa shape index (κ1) is 22.0. The van der Waals surface area contributed by atoms with Crippen LogP contribution in [-0.4, -0.2) is 46.6 Å². The molecule has 0 radical (unpaired) electrons. The van der Waals surface area contributed by atoms with Gasteiger partial charge in [-0.05, 0) is 30.2 Å². The lowest BCUT2D eigenvalue weighted by molar-refractivity contribution is -0.124. The summed E-state index contributed by atoms with van der Waals surface area (Å²) >= 11 is 6.13.